The predicted octanol–water partition coefficient (Wildman–Crippen LogP) is 1.41. The van der Waals surface area contributed by atoms with Gasteiger partial charge in [-0.25, -0.2) is 9.97 Å². The highest BCUT2D eigenvalue weighted by atomic mass is 16.2. The molecule has 0 aromatic carbocycles. The number of hydrogen-bond acceptors (Lipinski definition) is 5. The van der Waals surface area contributed by atoms with Crippen LogP contribution in [0, 0.1) is 0 Å². The Morgan fingerprint density at radius 2 is 2.23 bits per heavy atom. The molecule has 0 saturated carbocycles. The van der Waals surface area contributed by atoms with Crippen molar-refractivity contribution in [1.29, 1.82) is 0 Å². The summed E-state index contributed by atoms with van der Waals surface area (Å²) < 4.78 is 0. The maximum absolute atomic E-state index is 12.4. The van der Waals surface area contributed by atoms with E-state index in [4.69, 9.17) is 0 Å². The van der Waals surface area contributed by atoms with Gasteiger partial charge in [0.15, 0.2) is 0 Å². The molecule has 22 heavy (non-hydrogen) atoms. The zero-order valence-electron chi connectivity index (χ0n) is 12.6. The molecule has 2 aromatic heterocycles. The number of H-pyrrole nitrogens is 1. The van der Waals surface area contributed by atoms with E-state index in [1.807, 2.05) is 13.0 Å². The van der Waals surface area contributed by atoms with Gasteiger partial charge in [0.2, 0.25) is 11.9 Å². The first-order valence-electron chi connectivity index (χ1n) is 7.55. The molecule has 7 heteroatoms. The first kappa shape index (κ1) is 14.6. The van der Waals surface area contributed by atoms with Crippen molar-refractivity contribution in [3.05, 3.63) is 36.4 Å². The number of rotatable bonds is 4. The van der Waals surface area contributed by atoms with Crippen molar-refractivity contribution in [3.63, 3.8) is 0 Å². The maximum atomic E-state index is 12.4. The number of anilines is 1. The van der Waals surface area contributed by atoms with Crippen molar-refractivity contribution in [2.75, 3.05) is 18.4 Å². The molecule has 2 aromatic rings. The number of amides is 1. The van der Waals surface area contributed by atoms with Gasteiger partial charge in [0.05, 0.1) is 6.04 Å². The fraction of sp³-hybridized carbons (Fsp3) is 0.467. The smallest absolute Gasteiger partial charge is 0.243 e. The standard InChI is InChI=1S/C15H20N6O/c1-11(14(22)19-15-16-6-3-7-17-15)21-9-2-4-12(10-21)13-5-8-18-20-13/h3,5-8,11-12H,2,4,9-10H2,1H3,(H,18,20)(H,16,17,19,22)/t11-,12+/m1/s1. The van der Waals surface area contributed by atoms with Crippen LogP contribution in [0.2, 0.25) is 0 Å². The van der Waals surface area contributed by atoms with Gasteiger partial charge in [-0.1, -0.05) is 0 Å². The van der Waals surface area contributed by atoms with Crippen LogP contribution in [0.1, 0.15) is 31.4 Å². The summed E-state index contributed by atoms with van der Waals surface area (Å²) in [5, 5.41) is 9.82. The summed E-state index contributed by atoms with van der Waals surface area (Å²) >= 11 is 0. The van der Waals surface area contributed by atoms with Crippen LogP contribution in [0.3, 0.4) is 0 Å². The first-order valence-corrected chi connectivity index (χ1v) is 7.55. The van der Waals surface area contributed by atoms with Gasteiger partial charge in [-0.05, 0) is 38.4 Å². The van der Waals surface area contributed by atoms with Crippen LogP contribution >= 0.6 is 0 Å². The van der Waals surface area contributed by atoms with E-state index < -0.39 is 0 Å². The lowest BCUT2D eigenvalue weighted by molar-refractivity contribution is -0.121. The second-order valence-corrected chi connectivity index (χ2v) is 5.58. The van der Waals surface area contributed by atoms with Crippen LogP contribution in [0.5, 0.6) is 0 Å². The lowest BCUT2D eigenvalue weighted by Crippen LogP contribution is -2.46. The van der Waals surface area contributed by atoms with E-state index in [2.05, 4.69) is 30.4 Å². The Kier molecular flexibility index (Phi) is 4.43. The molecule has 0 spiro atoms. The molecule has 1 aliphatic rings. The summed E-state index contributed by atoms with van der Waals surface area (Å²) in [7, 11) is 0. The van der Waals surface area contributed by atoms with E-state index in [-0.39, 0.29) is 11.9 Å². The van der Waals surface area contributed by atoms with E-state index in [1.165, 1.54) is 0 Å². The van der Waals surface area contributed by atoms with Crippen molar-refractivity contribution in [3.8, 4) is 0 Å². The minimum atomic E-state index is -0.213. The lowest BCUT2D eigenvalue weighted by Gasteiger charge is -2.35. The second kappa shape index (κ2) is 6.65. The Balaban J connectivity index is 1.61. The fourth-order valence-corrected chi connectivity index (χ4v) is 2.85. The van der Waals surface area contributed by atoms with Gasteiger partial charge in [-0.2, -0.15) is 5.10 Å². The molecule has 0 unspecified atom stereocenters. The zero-order chi connectivity index (χ0) is 15.4. The Bertz CT molecular complexity index is 600. The normalized spacial score (nSPS) is 20.5. The molecule has 1 saturated heterocycles. The first-order chi connectivity index (χ1) is 10.7. The molecular weight excluding hydrogens is 280 g/mol. The highest BCUT2D eigenvalue weighted by Gasteiger charge is 2.28. The summed E-state index contributed by atoms with van der Waals surface area (Å²) in [4.78, 5) is 22.6. The molecule has 1 amide bonds. The summed E-state index contributed by atoms with van der Waals surface area (Å²) in [6.45, 7) is 3.70. The van der Waals surface area contributed by atoms with Crippen LogP contribution in [0.15, 0.2) is 30.7 Å². The molecule has 1 fully saturated rings. The third-order valence-corrected chi connectivity index (χ3v) is 4.14. The number of nitrogens with one attached hydrogen (secondary N) is 2. The third kappa shape index (κ3) is 3.30. The highest BCUT2D eigenvalue weighted by Crippen LogP contribution is 2.26. The van der Waals surface area contributed by atoms with Crippen molar-refractivity contribution < 1.29 is 4.79 Å². The molecule has 2 N–H and O–H groups in total. The van der Waals surface area contributed by atoms with Gasteiger partial charge in [-0.15, -0.1) is 0 Å². The van der Waals surface area contributed by atoms with Crippen LogP contribution in [-0.4, -0.2) is 50.1 Å². The summed E-state index contributed by atoms with van der Waals surface area (Å²) in [5.74, 6) is 0.678. The molecule has 2 atom stereocenters. The Morgan fingerprint density at radius 3 is 2.95 bits per heavy atom. The molecule has 3 rings (SSSR count). The van der Waals surface area contributed by atoms with Crippen molar-refractivity contribution in [2.45, 2.75) is 31.7 Å². The molecule has 0 aliphatic carbocycles. The van der Waals surface area contributed by atoms with E-state index in [0.717, 1.165) is 31.6 Å². The Labute approximate surface area is 129 Å². The van der Waals surface area contributed by atoms with E-state index >= 15 is 0 Å². The van der Waals surface area contributed by atoms with Gasteiger partial charge in [0.1, 0.15) is 0 Å². The monoisotopic (exact) mass is 300 g/mol. The van der Waals surface area contributed by atoms with Gasteiger partial charge >= 0.3 is 0 Å². The number of aromatic amines is 1. The number of aromatic nitrogens is 4. The Hall–Kier alpha value is -2.28. The number of piperidine rings is 1. The average molecular weight is 300 g/mol. The highest BCUT2D eigenvalue weighted by molar-refractivity contribution is 5.93. The van der Waals surface area contributed by atoms with E-state index in [0.29, 0.717) is 11.9 Å². The molecular formula is C15H20N6O. The van der Waals surface area contributed by atoms with Crippen molar-refractivity contribution in [2.24, 2.45) is 0 Å². The minimum Gasteiger partial charge on any atom is -0.293 e. The summed E-state index contributed by atoms with van der Waals surface area (Å²) in [5.41, 5.74) is 1.14. The molecule has 7 nitrogen and oxygen atoms in total. The lowest BCUT2D eigenvalue weighted by atomic mass is 9.94. The van der Waals surface area contributed by atoms with Crippen molar-refractivity contribution in [1.82, 2.24) is 25.1 Å². The SMILES string of the molecule is C[C@H](C(=O)Nc1ncccn1)N1CCC[C@H](c2ccn[nH]2)C1. The van der Waals surface area contributed by atoms with Crippen LogP contribution < -0.4 is 5.32 Å². The largest absolute Gasteiger partial charge is 0.293 e. The van der Waals surface area contributed by atoms with Gasteiger partial charge in [0.25, 0.3) is 0 Å². The number of carbonyl (C=O) groups excluding carboxylic acids is 1. The predicted molar refractivity (Wildman–Crippen MR) is 82.3 cm³/mol. The maximum Gasteiger partial charge on any atom is 0.243 e. The number of carbonyl (C=O) groups is 1. The summed E-state index contributed by atoms with van der Waals surface area (Å²) in [6.07, 6.45) is 7.19. The van der Waals surface area contributed by atoms with Gasteiger partial charge in [-0.3, -0.25) is 20.1 Å². The minimum absolute atomic E-state index is 0.0727. The molecule has 0 radical (unpaired) electrons. The quantitative estimate of drug-likeness (QED) is 0.891. The van der Waals surface area contributed by atoms with Gasteiger partial charge in [0, 0.05) is 36.7 Å². The number of hydrogen-bond donors (Lipinski definition) is 2. The molecule has 1 aliphatic heterocycles. The van der Waals surface area contributed by atoms with Crippen molar-refractivity contribution >= 4 is 11.9 Å². The van der Waals surface area contributed by atoms with Gasteiger partial charge < -0.3 is 0 Å². The van der Waals surface area contributed by atoms with Crippen LogP contribution in [-0.2, 0) is 4.79 Å². The summed E-state index contributed by atoms with van der Waals surface area (Å²) in [6, 6.07) is 3.52. The topological polar surface area (TPSA) is 86.8 Å². The van der Waals surface area contributed by atoms with Crippen LogP contribution in [0.25, 0.3) is 0 Å². The zero-order valence-corrected chi connectivity index (χ0v) is 12.6. The third-order valence-electron chi connectivity index (χ3n) is 4.14. The van der Waals surface area contributed by atoms with E-state index in [1.54, 1.807) is 24.7 Å². The number of nitrogens with zero attached hydrogens (tertiary/aromatic N) is 4. The molecule has 0 bridgehead atoms. The second-order valence-electron chi connectivity index (χ2n) is 5.58. The Morgan fingerprint density at radius 1 is 1.41 bits per heavy atom. The average Bonchev–Trinajstić information content (AvgIpc) is 3.10. The van der Waals surface area contributed by atoms with E-state index in [9.17, 15) is 4.79 Å². The number of likely N-dealkylation sites (tertiary alicyclic amines) is 1. The molecule has 3 heterocycles. The fourth-order valence-electron chi connectivity index (χ4n) is 2.85. The van der Waals surface area contributed by atoms with Crippen LogP contribution in [0.4, 0.5) is 5.95 Å². The molecule has 116 valence electrons.